The average molecular weight is 275 g/mol. The molecule has 0 fully saturated rings. The van der Waals surface area contributed by atoms with Crippen molar-refractivity contribution in [1.82, 2.24) is 9.97 Å². The first-order valence-corrected chi connectivity index (χ1v) is 6.55. The highest BCUT2D eigenvalue weighted by Crippen LogP contribution is 2.16. The molecule has 1 aromatic carbocycles. The number of fused-ring (bicyclic) bond motifs is 1. The standard InChI is InChI=1S/C17H13N3O/c21-17(8-7-13-4-3-9-18-11-13)20-15-10-14-5-1-2-6-16(14)19-12-15/h1-12H,(H,20,21)/b8-7-. The van der Waals surface area contributed by atoms with E-state index in [1.807, 2.05) is 42.5 Å². The van der Waals surface area contributed by atoms with Gasteiger partial charge in [-0.1, -0.05) is 24.3 Å². The third-order valence-corrected chi connectivity index (χ3v) is 2.97. The topological polar surface area (TPSA) is 54.9 Å². The quantitative estimate of drug-likeness (QED) is 0.746. The van der Waals surface area contributed by atoms with E-state index in [4.69, 9.17) is 0 Å². The molecule has 0 aliphatic rings. The molecule has 3 rings (SSSR count). The van der Waals surface area contributed by atoms with E-state index >= 15 is 0 Å². The van der Waals surface area contributed by atoms with Gasteiger partial charge in [-0.3, -0.25) is 14.8 Å². The zero-order valence-electron chi connectivity index (χ0n) is 11.2. The van der Waals surface area contributed by atoms with Gasteiger partial charge in [0.15, 0.2) is 0 Å². The molecule has 0 aliphatic heterocycles. The Balaban J connectivity index is 1.73. The number of hydrogen-bond donors (Lipinski definition) is 1. The van der Waals surface area contributed by atoms with E-state index in [1.165, 1.54) is 6.08 Å². The predicted molar refractivity (Wildman–Crippen MR) is 83.6 cm³/mol. The Morgan fingerprint density at radius 1 is 1.10 bits per heavy atom. The molecule has 21 heavy (non-hydrogen) atoms. The largest absolute Gasteiger partial charge is 0.321 e. The molecule has 0 radical (unpaired) electrons. The zero-order chi connectivity index (χ0) is 14.5. The van der Waals surface area contributed by atoms with Gasteiger partial charge in [0.25, 0.3) is 0 Å². The number of pyridine rings is 2. The summed E-state index contributed by atoms with van der Waals surface area (Å²) >= 11 is 0. The van der Waals surface area contributed by atoms with E-state index in [1.54, 1.807) is 24.7 Å². The molecule has 3 aromatic rings. The van der Waals surface area contributed by atoms with E-state index < -0.39 is 0 Å². The Morgan fingerprint density at radius 2 is 2.00 bits per heavy atom. The van der Waals surface area contributed by atoms with Gasteiger partial charge in [0, 0.05) is 23.9 Å². The van der Waals surface area contributed by atoms with Crippen LogP contribution in [0.3, 0.4) is 0 Å². The number of aromatic nitrogens is 2. The maximum absolute atomic E-state index is 11.9. The highest BCUT2D eigenvalue weighted by Gasteiger charge is 2.00. The van der Waals surface area contributed by atoms with Crippen LogP contribution in [0.15, 0.2) is 67.1 Å². The van der Waals surface area contributed by atoms with Crippen LogP contribution in [-0.2, 0) is 4.79 Å². The van der Waals surface area contributed by atoms with E-state index in [2.05, 4.69) is 15.3 Å². The van der Waals surface area contributed by atoms with Gasteiger partial charge >= 0.3 is 0 Å². The number of nitrogens with zero attached hydrogens (tertiary/aromatic N) is 2. The van der Waals surface area contributed by atoms with Gasteiger partial charge in [0.2, 0.25) is 5.91 Å². The minimum absolute atomic E-state index is 0.198. The van der Waals surface area contributed by atoms with Crippen LogP contribution in [0.25, 0.3) is 17.0 Å². The van der Waals surface area contributed by atoms with Gasteiger partial charge in [-0.15, -0.1) is 0 Å². The van der Waals surface area contributed by atoms with E-state index in [-0.39, 0.29) is 5.91 Å². The van der Waals surface area contributed by atoms with Crippen LogP contribution in [0.1, 0.15) is 5.56 Å². The Labute approximate surface area is 122 Å². The molecule has 2 heterocycles. The first-order valence-electron chi connectivity index (χ1n) is 6.55. The minimum Gasteiger partial charge on any atom is -0.321 e. The lowest BCUT2D eigenvalue weighted by atomic mass is 10.2. The van der Waals surface area contributed by atoms with Crippen LogP contribution in [0.2, 0.25) is 0 Å². The molecule has 0 saturated heterocycles. The van der Waals surface area contributed by atoms with E-state index in [9.17, 15) is 4.79 Å². The number of rotatable bonds is 3. The third kappa shape index (κ3) is 3.30. The normalized spacial score (nSPS) is 10.9. The lowest BCUT2D eigenvalue weighted by Crippen LogP contribution is -2.07. The maximum atomic E-state index is 11.9. The summed E-state index contributed by atoms with van der Waals surface area (Å²) in [5, 5.41) is 3.79. The van der Waals surface area contributed by atoms with Crippen molar-refractivity contribution in [3.63, 3.8) is 0 Å². The number of benzene rings is 1. The molecule has 0 saturated carbocycles. The van der Waals surface area contributed by atoms with Crippen LogP contribution >= 0.6 is 0 Å². The van der Waals surface area contributed by atoms with Crippen molar-refractivity contribution in [2.24, 2.45) is 0 Å². The van der Waals surface area contributed by atoms with Crippen LogP contribution < -0.4 is 5.32 Å². The Morgan fingerprint density at radius 3 is 2.86 bits per heavy atom. The summed E-state index contributed by atoms with van der Waals surface area (Å²) in [4.78, 5) is 20.2. The summed E-state index contributed by atoms with van der Waals surface area (Å²) in [5.41, 5.74) is 2.46. The average Bonchev–Trinajstić information content (AvgIpc) is 2.54. The Kier molecular flexibility index (Phi) is 3.69. The van der Waals surface area contributed by atoms with Crippen molar-refractivity contribution >= 4 is 28.6 Å². The lowest BCUT2D eigenvalue weighted by molar-refractivity contribution is -0.111. The molecule has 102 valence electrons. The summed E-state index contributed by atoms with van der Waals surface area (Å²) in [6, 6.07) is 13.4. The van der Waals surface area contributed by atoms with Crippen LogP contribution in [0.5, 0.6) is 0 Å². The molecule has 0 atom stereocenters. The Bertz CT molecular complexity index is 797. The second-order valence-electron chi connectivity index (χ2n) is 4.53. The molecule has 0 spiro atoms. The molecule has 2 aromatic heterocycles. The Hall–Kier alpha value is -3.01. The summed E-state index contributed by atoms with van der Waals surface area (Å²) in [7, 11) is 0. The third-order valence-electron chi connectivity index (χ3n) is 2.97. The number of hydrogen-bond acceptors (Lipinski definition) is 3. The summed E-state index contributed by atoms with van der Waals surface area (Å²) < 4.78 is 0. The summed E-state index contributed by atoms with van der Waals surface area (Å²) in [5.74, 6) is -0.198. The van der Waals surface area contributed by atoms with Crippen molar-refractivity contribution in [1.29, 1.82) is 0 Å². The maximum Gasteiger partial charge on any atom is 0.248 e. The number of nitrogens with one attached hydrogen (secondary N) is 1. The van der Waals surface area contributed by atoms with E-state index in [0.29, 0.717) is 5.69 Å². The van der Waals surface area contributed by atoms with Gasteiger partial charge in [-0.05, 0) is 29.8 Å². The fourth-order valence-electron chi connectivity index (χ4n) is 1.97. The first-order chi connectivity index (χ1) is 10.3. The SMILES string of the molecule is O=C(/C=C\c1cccnc1)Nc1cnc2ccccc2c1. The van der Waals surface area contributed by atoms with Crippen LogP contribution in [-0.4, -0.2) is 15.9 Å². The lowest BCUT2D eigenvalue weighted by Gasteiger charge is -2.03. The van der Waals surface area contributed by atoms with Crippen molar-refractivity contribution in [2.75, 3.05) is 5.32 Å². The van der Waals surface area contributed by atoms with Crippen LogP contribution in [0, 0.1) is 0 Å². The van der Waals surface area contributed by atoms with Gasteiger partial charge in [0.1, 0.15) is 0 Å². The number of para-hydroxylation sites is 1. The van der Waals surface area contributed by atoms with Gasteiger partial charge < -0.3 is 5.32 Å². The molecular formula is C17H13N3O. The van der Waals surface area contributed by atoms with Crippen molar-refractivity contribution in [2.45, 2.75) is 0 Å². The van der Waals surface area contributed by atoms with Gasteiger partial charge in [-0.25, -0.2) is 0 Å². The number of carbonyl (C=O) groups excluding carboxylic acids is 1. The molecule has 0 bridgehead atoms. The second kappa shape index (κ2) is 5.96. The fraction of sp³-hybridized carbons (Fsp3) is 0. The summed E-state index contributed by atoms with van der Waals surface area (Å²) in [6.07, 6.45) is 8.24. The number of anilines is 1. The van der Waals surface area contributed by atoms with Gasteiger partial charge in [0.05, 0.1) is 17.4 Å². The second-order valence-corrected chi connectivity index (χ2v) is 4.53. The smallest absolute Gasteiger partial charge is 0.248 e. The molecule has 4 heteroatoms. The summed E-state index contributed by atoms with van der Waals surface area (Å²) in [6.45, 7) is 0. The molecule has 4 nitrogen and oxygen atoms in total. The molecule has 0 aliphatic carbocycles. The van der Waals surface area contributed by atoms with E-state index in [0.717, 1.165) is 16.5 Å². The number of carbonyl (C=O) groups is 1. The molecule has 0 unspecified atom stereocenters. The molecule has 1 N–H and O–H groups in total. The zero-order valence-corrected chi connectivity index (χ0v) is 11.2. The highest BCUT2D eigenvalue weighted by atomic mass is 16.1. The molecule has 1 amide bonds. The highest BCUT2D eigenvalue weighted by molar-refractivity contribution is 6.02. The van der Waals surface area contributed by atoms with Crippen LogP contribution in [0.4, 0.5) is 5.69 Å². The van der Waals surface area contributed by atoms with Crippen molar-refractivity contribution in [3.8, 4) is 0 Å². The van der Waals surface area contributed by atoms with Crippen molar-refractivity contribution < 1.29 is 4.79 Å². The molecular weight excluding hydrogens is 262 g/mol. The monoisotopic (exact) mass is 275 g/mol. The van der Waals surface area contributed by atoms with Gasteiger partial charge in [-0.2, -0.15) is 0 Å². The minimum atomic E-state index is -0.198. The fourth-order valence-corrected chi connectivity index (χ4v) is 1.97. The predicted octanol–water partition coefficient (Wildman–Crippen LogP) is 3.28. The first kappa shape index (κ1) is 13.0. The number of amides is 1. The van der Waals surface area contributed by atoms with Crippen molar-refractivity contribution in [3.05, 3.63) is 72.7 Å².